The molecule has 1 aliphatic rings. The molecule has 0 N–H and O–H groups in total. The molecule has 1 heterocycles. The van der Waals surface area contributed by atoms with Crippen LogP contribution in [-0.2, 0) is 10.0 Å². The number of sulfonamides is 1. The second kappa shape index (κ2) is 7.20. The maximum Gasteiger partial charge on any atom is 0.236 e. The van der Waals surface area contributed by atoms with Gasteiger partial charge >= 0.3 is 0 Å². The third-order valence-corrected chi connectivity index (χ3v) is 5.48. The van der Waals surface area contributed by atoms with E-state index in [4.69, 9.17) is 0 Å². The summed E-state index contributed by atoms with van der Waals surface area (Å²) in [4.78, 5) is 2.24. The number of rotatable bonds is 6. The van der Waals surface area contributed by atoms with E-state index in [1.807, 2.05) is 30.3 Å². The molecule has 1 saturated heterocycles. The van der Waals surface area contributed by atoms with Crippen LogP contribution in [-0.4, -0.2) is 50.8 Å². The van der Waals surface area contributed by atoms with Crippen LogP contribution in [0.2, 0.25) is 0 Å². The van der Waals surface area contributed by atoms with Crippen molar-refractivity contribution in [3.63, 3.8) is 0 Å². The molecule has 4 nitrogen and oxygen atoms in total. The van der Waals surface area contributed by atoms with Crippen molar-refractivity contribution in [1.29, 1.82) is 0 Å². The smallest absolute Gasteiger partial charge is 0.236 e. The lowest BCUT2D eigenvalue weighted by Gasteiger charge is -2.19. The van der Waals surface area contributed by atoms with Crippen LogP contribution in [0.4, 0.5) is 0 Å². The van der Waals surface area contributed by atoms with Crippen LogP contribution < -0.4 is 0 Å². The molecule has 0 bridgehead atoms. The molecule has 2 rings (SSSR count). The molecule has 0 saturated carbocycles. The minimum absolute atomic E-state index is 0.440. The molecule has 0 radical (unpaired) electrons. The Labute approximate surface area is 128 Å². The Balaban J connectivity index is 1.96. The Morgan fingerprint density at radius 1 is 1.33 bits per heavy atom. The number of hydrogen-bond donors (Lipinski definition) is 0. The summed E-state index contributed by atoms with van der Waals surface area (Å²) in [5, 5.41) is 1.33. The van der Waals surface area contributed by atoms with Crippen LogP contribution >= 0.6 is 0 Å². The Bertz CT molecular complexity index is 569. The minimum atomic E-state index is -3.30. The topological polar surface area (TPSA) is 40.6 Å². The van der Waals surface area contributed by atoms with Gasteiger partial charge in [-0.1, -0.05) is 37.3 Å². The fourth-order valence-electron chi connectivity index (χ4n) is 2.56. The first-order valence-corrected chi connectivity index (χ1v) is 8.93. The largest absolute Gasteiger partial charge is 0.306 e. The lowest BCUT2D eigenvalue weighted by Crippen LogP contribution is -2.30. The van der Waals surface area contributed by atoms with Crippen molar-refractivity contribution >= 4 is 16.1 Å². The first-order chi connectivity index (χ1) is 10.0. The third-order valence-electron chi connectivity index (χ3n) is 3.95. The second-order valence-corrected chi connectivity index (χ2v) is 7.44. The average molecular weight is 308 g/mol. The zero-order valence-electron chi connectivity index (χ0n) is 12.8. The van der Waals surface area contributed by atoms with E-state index in [1.54, 1.807) is 10.4 Å². The highest BCUT2D eigenvalue weighted by Crippen LogP contribution is 2.21. The molecule has 1 aliphatic heterocycles. The van der Waals surface area contributed by atoms with Crippen molar-refractivity contribution in [2.24, 2.45) is 5.92 Å². The van der Waals surface area contributed by atoms with Crippen LogP contribution in [0.3, 0.4) is 0 Å². The van der Waals surface area contributed by atoms with Gasteiger partial charge in [-0.15, -0.1) is 0 Å². The molecule has 0 amide bonds. The summed E-state index contributed by atoms with van der Waals surface area (Å²) in [6, 6.07) is 9.52. The van der Waals surface area contributed by atoms with E-state index < -0.39 is 10.0 Å². The second-order valence-electron chi connectivity index (χ2n) is 5.63. The number of benzene rings is 1. The van der Waals surface area contributed by atoms with Crippen molar-refractivity contribution in [2.45, 2.75) is 13.3 Å². The molecular weight excluding hydrogens is 284 g/mol. The lowest BCUT2D eigenvalue weighted by molar-refractivity contribution is 0.293. The molecule has 5 heteroatoms. The van der Waals surface area contributed by atoms with Gasteiger partial charge in [0.2, 0.25) is 10.0 Å². The quantitative estimate of drug-likeness (QED) is 0.809. The van der Waals surface area contributed by atoms with Gasteiger partial charge in [0.05, 0.1) is 0 Å². The molecule has 0 aromatic heterocycles. The van der Waals surface area contributed by atoms with Crippen LogP contribution in [0.25, 0.3) is 6.08 Å². The predicted molar refractivity (Wildman–Crippen MR) is 87.2 cm³/mol. The zero-order chi connectivity index (χ0) is 15.3. The van der Waals surface area contributed by atoms with E-state index in [1.165, 1.54) is 5.41 Å². The highest BCUT2D eigenvalue weighted by Gasteiger charge is 2.30. The minimum Gasteiger partial charge on any atom is -0.306 e. The van der Waals surface area contributed by atoms with Crippen LogP contribution in [0.5, 0.6) is 0 Å². The molecule has 0 unspecified atom stereocenters. The van der Waals surface area contributed by atoms with Gasteiger partial charge in [0.25, 0.3) is 0 Å². The van der Waals surface area contributed by atoms with E-state index in [0.29, 0.717) is 19.0 Å². The van der Waals surface area contributed by atoms with Crippen LogP contribution in [0.1, 0.15) is 18.9 Å². The van der Waals surface area contributed by atoms with Crippen molar-refractivity contribution in [1.82, 2.24) is 9.21 Å². The van der Waals surface area contributed by atoms with E-state index in [0.717, 1.165) is 25.1 Å². The maximum absolute atomic E-state index is 12.3. The molecule has 1 atom stereocenters. The summed E-state index contributed by atoms with van der Waals surface area (Å²) in [6.45, 7) is 5.34. The molecular formula is C16H24N2O2S. The first-order valence-electron chi connectivity index (χ1n) is 7.43. The molecule has 1 aromatic carbocycles. The number of nitrogens with zero attached hydrogens (tertiary/aromatic N) is 2. The Kier molecular flexibility index (Phi) is 5.56. The van der Waals surface area contributed by atoms with Crippen molar-refractivity contribution in [2.75, 3.05) is 33.2 Å². The van der Waals surface area contributed by atoms with Gasteiger partial charge in [0.1, 0.15) is 0 Å². The summed E-state index contributed by atoms with van der Waals surface area (Å²) >= 11 is 0. The van der Waals surface area contributed by atoms with Gasteiger partial charge < -0.3 is 4.90 Å². The van der Waals surface area contributed by atoms with Gasteiger partial charge in [-0.2, -0.15) is 4.31 Å². The highest BCUT2D eigenvalue weighted by atomic mass is 32.2. The molecule has 1 aromatic rings. The Morgan fingerprint density at radius 2 is 2.05 bits per heavy atom. The van der Waals surface area contributed by atoms with Crippen molar-refractivity contribution in [3.05, 3.63) is 41.3 Å². The van der Waals surface area contributed by atoms with Gasteiger partial charge in [-0.05, 0) is 37.6 Å². The predicted octanol–water partition coefficient (Wildman–Crippen LogP) is 2.26. The number of hydrogen-bond acceptors (Lipinski definition) is 3. The summed E-state index contributed by atoms with van der Waals surface area (Å²) < 4.78 is 26.3. The Morgan fingerprint density at radius 3 is 2.71 bits per heavy atom. The SMILES string of the molecule is CCN(C)C[C@@H]1CCN(S(=O)(=O)/C=C/c2ccccc2)C1. The van der Waals surface area contributed by atoms with Crippen LogP contribution in [0, 0.1) is 5.92 Å². The van der Waals surface area contributed by atoms with E-state index >= 15 is 0 Å². The lowest BCUT2D eigenvalue weighted by atomic mass is 10.1. The van der Waals surface area contributed by atoms with E-state index in [2.05, 4.69) is 18.9 Å². The molecule has 116 valence electrons. The highest BCUT2D eigenvalue weighted by molar-refractivity contribution is 7.92. The summed E-state index contributed by atoms with van der Waals surface area (Å²) in [7, 11) is -1.22. The zero-order valence-corrected chi connectivity index (χ0v) is 13.6. The third kappa shape index (κ3) is 4.66. The van der Waals surface area contributed by atoms with Gasteiger partial charge in [-0.3, -0.25) is 0 Å². The summed E-state index contributed by atoms with van der Waals surface area (Å²) in [5.74, 6) is 0.440. The Hall–Kier alpha value is -1.17. The maximum atomic E-state index is 12.3. The average Bonchev–Trinajstić information content (AvgIpc) is 2.95. The van der Waals surface area contributed by atoms with Crippen LogP contribution in [0.15, 0.2) is 35.7 Å². The molecule has 21 heavy (non-hydrogen) atoms. The standard InChI is InChI=1S/C16H24N2O2S/c1-3-17(2)13-16-9-11-18(14-16)21(19,20)12-10-15-7-5-4-6-8-15/h4-8,10,12,16H,3,9,11,13-14H2,1-2H3/b12-10+/t16-/m0/s1. The van der Waals surface area contributed by atoms with Gasteiger partial charge in [0, 0.05) is 25.0 Å². The molecule has 1 fully saturated rings. The van der Waals surface area contributed by atoms with Gasteiger partial charge in [0.15, 0.2) is 0 Å². The molecule has 0 spiro atoms. The van der Waals surface area contributed by atoms with Gasteiger partial charge in [-0.25, -0.2) is 8.42 Å². The first kappa shape index (κ1) is 16.2. The van der Waals surface area contributed by atoms with E-state index in [-0.39, 0.29) is 0 Å². The van der Waals surface area contributed by atoms with Crippen molar-refractivity contribution in [3.8, 4) is 0 Å². The summed E-state index contributed by atoms with van der Waals surface area (Å²) in [5.41, 5.74) is 0.905. The molecule has 0 aliphatic carbocycles. The van der Waals surface area contributed by atoms with Crippen molar-refractivity contribution < 1.29 is 8.42 Å². The summed E-state index contributed by atoms with van der Waals surface area (Å²) in [6.07, 6.45) is 2.61. The fourth-order valence-corrected chi connectivity index (χ4v) is 3.84. The monoisotopic (exact) mass is 308 g/mol. The normalized spacial score (nSPS) is 20.6. The van der Waals surface area contributed by atoms with E-state index in [9.17, 15) is 8.42 Å². The fraction of sp³-hybridized carbons (Fsp3) is 0.500.